The van der Waals surface area contributed by atoms with Crippen LogP contribution in [0.15, 0.2) is 66.7 Å². The minimum Gasteiger partial charge on any atom is -0.508 e. The summed E-state index contributed by atoms with van der Waals surface area (Å²) in [5.74, 6) is -4.88. The minimum atomic E-state index is -1.96. The number of phenolic OH excluding ortho intramolecular Hbond substituents is 4. The van der Waals surface area contributed by atoms with Gasteiger partial charge in [0.2, 0.25) is 18.4 Å². The Bertz CT molecular complexity index is 2270. The van der Waals surface area contributed by atoms with Crippen LogP contribution in [0.2, 0.25) is 0 Å². The van der Waals surface area contributed by atoms with Gasteiger partial charge in [0.05, 0.1) is 13.2 Å². The molecule has 0 spiro atoms. The van der Waals surface area contributed by atoms with E-state index in [9.17, 15) is 71.2 Å². The molecule has 8 rings (SSSR count). The highest BCUT2D eigenvalue weighted by Gasteiger charge is 2.49. The molecule has 20 heteroatoms. The molecule has 4 aliphatic rings. The van der Waals surface area contributed by atoms with Crippen LogP contribution in [-0.2, 0) is 9.47 Å². The number of hydrogen-bond donors (Lipinski definition) is 13. The number of aromatic hydroxyl groups is 4. The molecule has 0 saturated carbocycles. The van der Waals surface area contributed by atoms with E-state index < -0.39 is 122 Å². The maximum Gasteiger partial charge on any atom is 0.229 e. The number of aliphatic hydroxyl groups is 9. The first-order chi connectivity index (χ1) is 29.6. The van der Waals surface area contributed by atoms with Crippen LogP contribution in [0, 0.1) is 0 Å². The third kappa shape index (κ3) is 7.69. The van der Waals surface area contributed by atoms with Crippen molar-refractivity contribution in [1.29, 1.82) is 0 Å². The van der Waals surface area contributed by atoms with Crippen molar-refractivity contribution < 1.29 is 99.6 Å². The Morgan fingerprint density at radius 2 is 1.15 bits per heavy atom. The number of carbonyl (C=O) groups excluding carboxylic acids is 1. The number of rotatable bonds is 9. The number of benzene rings is 4. The van der Waals surface area contributed by atoms with Crippen LogP contribution in [0.4, 0.5) is 0 Å². The van der Waals surface area contributed by atoms with Gasteiger partial charge in [-0.25, -0.2) is 0 Å². The lowest BCUT2D eigenvalue weighted by atomic mass is 9.79. The number of ether oxygens (including phenoxy) is 6. The summed E-state index contributed by atoms with van der Waals surface area (Å²) in [4.78, 5) is 14.1. The average molecular weight is 869 g/mol. The van der Waals surface area contributed by atoms with E-state index in [0.29, 0.717) is 5.56 Å². The van der Waals surface area contributed by atoms with Gasteiger partial charge in [-0.3, -0.25) is 4.79 Å². The van der Waals surface area contributed by atoms with Gasteiger partial charge in [0.25, 0.3) is 0 Å². The fourth-order valence-electron chi connectivity index (χ4n) is 8.18. The van der Waals surface area contributed by atoms with Gasteiger partial charge in [-0.15, -0.1) is 0 Å². The molecule has 0 aliphatic carbocycles. The van der Waals surface area contributed by atoms with Crippen molar-refractivity contribution in [2.75, 3.05) is 13.2 Å². The van der Waals surface area contributed by atoms with Crippen molar-refractivity contribution in [3.05, 3.63) is 94.5 Å². The van der Waals surface area contributed by atoms with E-state index in [1.165, 1.54) is 54.6 Å². The fourth-order valence-corrected chi connectivity index (χ4v) is 8.18. The molecule has 0 amide bonds. The second-order valence-electron chi connectivity index (χ2n) is 15.4. The van der Waals surface area contributed by atoms with Gasteiger partial charge >= 0.3 is 0 Å². The van der Waals surface area contributed by atoms with Gasteiger partial charge in [-0.2, -0.15) is 0 Å². The lowest BCUT2D eigenvalue weighted by Gasteiger charge is -2.41. The molecular formula is C42H44O20. The Labute approximate surface area is 350 Å². The number of fused-ring (bicyclic) bond motifs is 2. The maximum atomic E-state index is 14.1. The van der Waals surface area contributed by atoms with Gasteiger partial charge in [-0.1, -0.05) is 24.3 Å². The summed E-state index contributed by atoms with van der Waals surface area (Å²) in [5.41, 5.74) is -0.115. The molecule has 0 bridgehead atoms. The monoisotopic (exact) mass is 868 g/mol. The highest BCUT2D eigenvalue weighted by atomic mass is 16.7. The number of aliphatic hydroxyl groups excluding tert-OH is 9. The van der Waals surface area contributed by atoms with Crippen LogP contribution < -0.4 is 18.9 Å². The second kappa shape index (κ2) is 17.0. The summed E-state index contributed by atoms with van der Waals surface area (Å²) in [6.45, 7) is -1.57. The predicted octanol–water partition coefficient (Wildman–Crippen LogP) is -0.801. The topological polar surface area (TPSA) is 335 Å². The van der Waals surface area contributed by atoms with Crippen molar-refractivity contribution >= 4 is 5.78 Å². The van der Waals surface area contributed by atoms with Crippen LogP contribution in [0.3, 0.4) is 0 Å². The smallest absolute Gasteiger partial charge is 0.229 e. The van der Waals surface area contributed by atoms with Crippen molar-refractivity contribution in [2.24, 2.45) is 0 Å². The average Bonchev–Trinajstić information content (AvgIpc) is 3.25. The standard InChI is InChI=1S/C42H44O20/c43-13-26-31(48)35(52)38(55)41(61-26)57-19-9-21(47)28-20(11-22(58-23(28)10-19)15-1-5-17(45)6-2-15)29-24(60-42-39(56)36(53)32(49)27(14-44)62-42)12-25-30(33(29)50)34(51)37(54)40(59-25)16-3-7-18(46)8-4-16/h1-10,12,20,22,26-27,31-32,35-50,52-56H,11,13-14H2/t20?,22?,26-,27-,31-,32-,35+,36+,37?,38-,39-,40?,41-,42-/m1/s1. The first-order valence-corrected chi connectivity index (χ1v) is 19.4. The Kier molecular flexibility index (Phi) is 11.8. The second-order valence-corrected chi connectivity index (χ2v) is 15.4. The highest BCUT2D eigenvalue weighted by molar-refractivity contribution is 6.06. The normalized spacial score (nSPS) is 33.1. The number of carbonyl (C=O) groups is 1. The number of hydrogen-bond acceptors (Lipinski definition) is 20. The van der Waals surface area contributed by atoms with Crippen molar-refractivity contribution in [3.8, 4) is 46.0 Å². The molecule has 4 unspecified atom stereocenters. The molecule has 62 heavy (non-hydrogen) atoms. The van der Waals surface area contributed by atoms with Crippen LogP contribution in [0.1, 0.15) is 57.2 Å². The molecule has 2 fully saturated rings. The first-order valence-electron chi connectivity index (χ1n) is 19.4. The van der Waals surface area contributed by atoms with Crippen LogP contribution in [-0.4, -0.2) is 153 Å². The zero-order valence-electron chi connectivity index (χ0n) is 32.2. The predicted molar refractivity (Wildman–Crippen MR) is 205 cm³/mol. The molecule has 0 aromatic heterocycles. The van der Waals surface area contributed by atoms with E-state index in [1.54, 1.807) is 0 Å². The molecule has 4 aromatic rings. The third-order valence-electron chi connectivity index (χ3n) is 11.5. The quantitative estimate of drug-likeness (QED) is 0.0979. The molecule has 2 saturated heterocycles. The van der Waals surface area contributed by atoms with Gasteiger partial charge in [-0.05, 0) is 35.4 Å². The van der Waals surface area contributed by atoms with Gasteiger partial charge in [0.1, 0.15) is 106 Å². The lowest BCUT2D eigenvalue weighted by molar-refractivity contribution is -0.277. The fraction of sp³-hybridized carbons (Fsp3) is 0.405. The van der Waals surface area contributed by atoms with E-state index in [4.69, 9.17) is 28.4 Å². The molecule has 332 valence electrons. The summed E-state index contributed by atoms with van der Waals surface area (Å²) in [5, 5.41) is 138. The zero-order valence-corrected chi connectivity index (χ0v) is 32.2. The van der Waals surface area contributed by atoms with Crippen LogP contribution in [0.5, 0.6) is 46.0 Å². The summed E-state index contributed by atoms with van der Waals surface area (Å²) in [7, 11) is 0. The van der Waals surface area contributed by atoms with E-state index in [0.717, 1.165) is 12.1 Å². The SMILES string of the molecule is O=C1c2c(cc(O[C@@H]3O[C@H](CO)[C@@H](O)[C@H](O)[C@H]3O)c(C3CC(c4ccc(O)cc4)Oc4cc(O[C@@H]5O[C@H](CO)[C@@H](O)[C@H](O)[C@H]5O)cc(O)c43)c2O)OC(c2ccc(O)cc2)C1O. The van der Waals surface area contributed by atoms with Gasteiger partial charge < -0.3 is 94.8 Å². The maximum absolute atomic E-state index is 14.1. The van der Waals surface area contributed by atoms with Crippen molar-refractivity contribution in [3.63, 3.8) is 0 Å². The summed E-state index contributed by atoms with van der Waals surface area (Å²) >= 11 is 0. The van der Waals surface area contributed by atoms with Crippen LogP contribution >= 0.6 is 0 Å². The molecule has 4 aromatic carbocycles. The van der Waals surface area contributed by atoms with Crippen LogP contribution in [0.25, 0.3) is 0 Å². The molecule has 4 heterocycles. The third-order valence-corrected chi connectivity index (χ3v) is 11.5. The van der Waals surface area contributed by atoms with E-state index in [1.807, 2.05) is 0 Å². The number of Topliss-reactive ketones (excluding diaryl/α,β-unsaturated/α-hetero) is 1. The lowest BCUT2D eigenvalue weighted by Crippen LogP contribution is -2.60. The van der Waals surface area contributed by atoms with Crippen molar-refractivity contribution in [1.82, 2.24) is 0 Å². The Balaban J connectivity index is 1.28. The molecule has 4 aliphatic heterocycles. The van der Waals surface area contributed by atoms with Gasteiger partial charge in [0, 0.05) is 41.7 Å². The summed E-state index contributed by atoms with van der Waals surface area (Å²) in [6, 6.07) is 14.7. The minimum absolute atomic E-state index is 0.0539. The van der Waals surface area contributed by atoms with Crippen molar-refractivity contribution in [2.45, 2.75) is 92.1 Å². The first kappa shape index (κ1) is 43.2. The number of ketones is 1. The zero-order chi connectivity index (χ0) is 44.3. The molecular weight excluding hydrogens is 824 g/mol. The summed E-state index contributed by atoms with van der Waals surface area (Å²) < 4.78 is 35.6. The highest BCUT2D eigenvalue weighted by Crippen LogP contribution is 2.57. The Hall–Kier alpha value is -5.49. The Morgan fingerprint density at radius 3 is 1.71 bits per heavy atom. The molecule has 0 radical (unpaired) electrons. The van der Waals surface area contributed by atoms with E-state index in [2.05, 4.69) is 0 Å². The van der Waals surface area contributed by atoms with E-state index >= 15 is 0 Å². The summed E-state index contributed by atoms with van der Waals surface area (Å²) in [6.07, 6.45) is -21.7. The molecule has 20 nitrogen and oxygen atoms in total. The van der Waals surface area contributed by atoms with E-state index in [-0.39, 0.29) is 57.6 Å². The largest absolute Gasteiger partial charge is 0.508 e. The molecule has 14 atom stereocenters. The number of phenols is 4. The molecule has 13 N–H and O–H groups in total. The Morgan fingerprint density at radius 1 is 0.597 bits per heavy atom. The van der Waals surface area contributed by atoms with Gasteiger partial charge in [0.15, 0.2) is 12.2 Å².